The maximum Gasteiger partial charge on any atom is 0.227 e. The van der Waals surface area contributed by atoms with Crippen LogP contribution in [0.4, 0.5) is 0 Å². The first-order valence-electron chi connectivity index (χ1n) is 8.65. The zero-order chi connectivity index (χ0) is 17.8. The first-order chi connectivity index (χ1) is 12.0. The summed E-state index contributed by atoms with van der Waals surface area (Å²) in [6.45, 7) is 3.56. The Morgan fingerprint density at radius 1 is 1.42 bits per heavy atom. The Labute approximate surface area is 164 Å². The Morgan fingerprint density at radius 3 is 2.85 bits per heavy atom. The molecule has 8 heteroatoms. The molecule has 0 bridgehead atoms. The molecule has 1 aliphatic heterocycles. The average molecular weight is 399 g/mol. The van der Waals surface area contributed by atoms with E-state index in [0.717, 1.165) is 31.5 Å². The van der Waals surface area contributed by atoms with Crippen LogP contribution >= 0.6 is 24.0 Å². The minimum Gasteiger partial charge on any atom is -0.342 e. The first-order valence-corrected chi connectivity index (χ1v) is 9.02. The minimum atomic E-state index is 0. The van der Waals surface area contributed by atoms with Gasteiger partial charge in [0, 0.05) is 42.6 Å². The number of nitrogens with zero attached hydrogens (tertiary/aromatic N) is 3. The molecule has 1 aliphatic rings. The number of piperidine rings is 1. The number of likely N-dealkylation sites (tertiary alicyclic amines) is 1. The van der Waals surface area contributed by atoms with Crippen LogP contribution < -0.4 is 5.73 Å². The third kappa shape index (κ3) is 5.19. The highest BCUT2D eigenvalue weighted by molar-refractivity contribution is 6.30. The smallest absolute Gasteiger partial charge is 0.227 e. The van der Waals surface area contributed by atoms with Crippen molar-refractivity contribution in [3.05, 3.63) is 35.2 Å². The van der Waals surface area contributed by atoms with Crippen LogP contribution in [-0.2, 0) is 11.2 Å². The maximum atomic E-state index is 12.4. The van der Waals surface area contributed by atoms with E-state index in [1.54, 1.807) is 12.1 Å². The van der Waals surface area contributed by atoms with Crippen LogP contribution in [-0.4, -0.2) is 40.1 Å². The lowest BCUT2D eigenvalue weighted by atomic mass is 9.92. The van der Waals surface area contributed by atoms with Gasteiger partial charge in [0.05, 0.1) is 0 Å². The zero-order valence-electron chi connectivity index (χ0n) is 14.7. The number of nitrogens with two attached hydrogens (primary N) is 1. The Hall–Kier alpha value is -1.63. The second kappa shape index (κ2) is 9.35. The Balaban J connectivity index is 0.00000243. The lowest BCUT2D eigenvalue weighted by molar-refractivity contribution is -0.133. The second-order valence-electron chi connectivity index (χ2n) is 6.62. The van der Waals surface area contributed by atoms with Crippen molar-refractivity contribution in [3.63, 3.8) is 0 Å². The number of aryl methyl sites for hydroxylation is 1. The second-order valence-corrected chi connectivity index (χ2v) is 7.06. The fourth-order valence-electron chi connectivity index (χ4n) is 3.11. The van der Waals surface area contributed by atoms with Gasteiger partial charge in [-0.2, -0.15) is 4.98 Å². The maximum absolute atomic E-state index is 12.4. The molecule has 0 aliphatic carbocycles. The van der Waals surface area contributed by atoms with E-state index in [4.69, 9.17) is 21.9 Å². The molecule has 1 aromatic heterocycles. The van der Waals surface area contributed by atoms with Crippen molar-refractivity contribution in [3.8, 4) is 11.4 Å². The molecule has 1 fully saturated rings. The van der Waals surface area contributed by atoms with E-state index in [9.17, 15) is 4.79 Å². The van der Waals surface area contributed by atoms with Crippen LogP contribution in [0.15, 0.2) is 28.8 Å². The number of aromatic nitrogens is 2. The Kier molecular flexibility index (Phi) is 7.43. The predicted octanol–water partition coefficient (Wildman–Crippen LogP) is 3.33. The van der Waals surface area contributed by atoms with Crippen LogP contribution in [0.2, 0.25) is 5.02 Å². The topological polar surface area (TPSA) is 85.2 Å². The van der Waals surface area contributed by atoms with E-state index in [2.05, 4.69) is 10.1 Å². The Morgan fingerprint density at radius 2 is 2.15 bits per heavy atom. The van der Waals surface area contributed by atoms with Crippen LogP contribution in [0.5, 0.6) is 0 Å². The highest BCUT2D eigenvalue weighted by atomic mass is 35.5. The van der Waals surface area contributed by atoms with Gasteiger partial charge >= 0.3 is 0 Å². The van der Waals surface area contributed by atoms with Gasteiger partial charge in [-0.25, -0.2) is 0 Å². The van der Waals surface area contributed by atoms with Crippen molar-refractivity contribution in [2.45, 2.75) is 38.6 Å². The summed E-state index contributed by atoms with van der Waals surface area (Å²) in [6, 6.07) is 7.35. The van der Waals surface area contributed by atoms with Gasteiger partial charge in [-0.05, 0) is 49.9 Å². The van der Waals surface area contributed by atoms with Crippen molar-refractivity contribution in [2.75, 3.05) is 13.1 Å². The largest absolute Gasteiger partial charge is 0.342 e. The summed E-state index contributed by atoms with van der Waals surface area (Å²) in [7, 11) is 0. The SMILES string of the molecule is CC(N)C1CCCN(C(=O)CCc2nc(-c3ccc(Cl)cc3)no2)C1.Cl. The third-order valence-corrected chi connectivity index (χ3v) is 4.93. The fourth-order valence-corrected chi connectivity index (χ4v) is 3.24. The van der Waals surface area contributed by atoms with Crippen LogP contribution in [0.1, 0.15) is 32.1 Å². The van der Waals surface area contributed by atoms with Gasteiger partial charge in [0.25, 0.3) is 0 Å². The number of halogens is 2. The molecule has 1 aromatic carbocycles. The standard InChI is InChI=1S/C18H23ClN4O2.ClH/c1-12(20)14-3-2-10-23(11-14)17(24)9-8-16-21-18(22-25-16)13-4-6-15(19)7-5-13;/h4-7,12,14H,2-3,8-11,20H2,1H3;1H. The molecular weight excluding hydrogens is 375 g/mol. The van der Waals surface area contributed by atoms with E-state index >= 15 is 0 Å². The molecule has 2 atom stereocenters. The quantitative estimate of drug-likeness (QED) is 0.834. The normalized spacial score (nSPS) is 18.3. The fraction of sp³-hybridized carbons (Fsp3) is 0.500. The van der Waals surface area contributed by atoms with Gasteiger partial charge in [0.2, 0.25) is 17.6 Å². The van der Waals surface area contributed by atoms with Crippen LogP contribution in [0.3, 0.4) is 0 Å². The van der Waals surface area contributed by atoms with E-state index in [1.807, 2.05) is 24.0 Å². The summed E-state index contributed by atoms with van der Waals surface area (Å²) in [6.07, 6.45) is 2.92. The number of carbonyl (C=O) groups excluding carboxylic acids is 1. The molecule has 2 unspecified atom stereocenters. The number of hydrogen-bond acceptors (Lipinski definition) is 5. The number of benzene rings is 1. The molecular formula is C18H24Cl2N4O2. The molecule has 1 amide bonds. The molecule has 1 saturated heterocycles. The monoisotopic (exact) mass is 398 g/mol. The molecule has 0 radical (unpaired) electrons. The molecule has 26 heavy (non-hydrogen) atoms. The summed E-state index contributed by atoms with van der Waals surface area (Å²) in [5.74, 6) is 1.49. The predicted molar refractivity (Wildman–Crippen MR) is 103 cm³/mol. The van der Waals surface area contributed by atoms with Crippen molar-refractivity contribution >= 4 is 29.9 Å². The number of carbonyl (C=O) groups is 1. The third-order valence-electron chi connectivity index (χ3n) is 4.68. The highest BCUT2D eigenvalue weighted by Crippen LogP contribution is 2.21. The van der Waals surface area contributed by atoms with Gasteiger partial charge in [-0.3, -0.25) is 4.79 Å². The van der Waals surface area contributed by atoms with Gasteiger partial charge in [-0.15, -0.1) is 12.4 Å². The van der Waals surface area contributed by atoms with Gasteiger partial charge in [0.1, 0.15) is 0 Å². The average Bonchev–Trinajstić information content (AvgIpc) is 3.09. The van der Waals surface area contributed by atoms with E-state index in [1.165, 1.54) is 0 Å². The zero-order valence-corrected chi connectivity index (χ0v) is 16.3. The molecule has 142 valence electrons. The Bertz CT molecular complexity index is 718. The molecule has 6 nitrogen and oxygen atoms in total. The van der Waals surface area contributed by atoms with Crippen LogP contribution in [0.25, 0.3) is 11.4 Å². The number of amides is 1. The summed E-state index contributed by atoms with van der Waals surface area (Å²) in [5, 5.41) is 4.63. The van der Waals surface area contributed by atoms with Crippen molar-refractivity contribution in [1.82, 2.24) is 15.0 Å². The molecule has 0 spiro atoms. The van der Waals surface area contributed by atoms with Gasteiger partial charge in [0.15, 0.2) is 0 Å². The van der Waals surface area contributed by atoms with Gasteiger partial charge < -0.3 is 15.2 Å². The lowest BCUT2D eigenvalue weighted by Crippen LogP contribution is -2.45. The summed E-state index contributed by atoms with van der Waals surface area (Å²) in [4.78, 5) is 18.7. The lowest BCUT2D eigenvalue weighted by Gasteiger charge is -2.34. The number of hydrogen-bond donors (Lipinski definition) is 1. The van der Waals surface area contributed by atoms with E-state index < -0.39 is 0 Å². The molecule has 2 N–H and O–H groups in total. The number of rotatable bonds is 5. The molecule has 2 heterocycles. The van der Waals surface area contributed by atoms with E-state index in [-0.39, 0.29) is 24.4 Å². The highest BCUT2D eigenvalue weighted by Gasteiger charge is 2.25. The molecule has 0 saturated carbocycles. The van der Waals surface area contributed by atoms with Crippen molar-refractivity contribution < 1.29 is 9.32 Å². The minimum absolute atomic E-state index is 0. The summed E-state index contributed by atoms with van der Waals surface area (Å²) < 4.78 is 5.26. The van der Waals surface area contributed by atoms with Gasteiger partial charge in [-0.1, -0.05) is 16.8 Å². The van der Waals surface area contributed by atoms with Crippen molar-refractivity contribution in [1.29, 1.82) is 0 Å². The van der Waals surface area contributed by atoms with Crippen molar-refractivity contribution in [2.24, 2.45) is 11.7 Å². The van der Waals surface area contributed by atoms with Crippen LogP contribution in [0, 0.1) is 5.92 Å². The molecule has 3 rings (SSSR count). The summed E-state index contributed by atoms with van der Waals surface area (Å²) >= 11 is 5.88. The van der Waals surface area contributed by atoms with E-state index in [0.29, 0.717) is 35.5 Å². The molecule has 2 aromatic rings. The first kappa shape index (κ1) is 20.7. The summed E-state index contributed by atoms with van der Waals surface area (Å²) in [5.41, 5.74) is 6.82.